The van der Waals surface area contributed by atoms with Gasteiger partial charge in [0, 0.05) is 24.8 Å². The lowest BCUT2D eigenvalue weighted by molar-refractivity contribution is 0.0696. The predicted octanol–water partition coefficient (Wildman–Crippen LogP) is 1.65. The second-order valence-electron chi connectivity index (χ2n) is 5.11. The highest BCUT2D eigenvalue weighted by atomic mass is 16.4. The Hall–Kier alpha value is -2.08. The number of anilines is 1. The summed E-state index contributed by atoms with van der Waals surface area (Å²) in [6, 6.07) is 4.63. The largest absolute Gasteiger partial charge is 0.478 e. The van der Waals surface area contributed by atoms with E-state index in [1.807, 2.05) is 0 Å². The van der Waals surface area contributed by atoms with Crippen LogP contribution in [0.1, 0.15) is 28.8 Å². The second kappa shape index (κ2) is 5.92. The van der Waals surface area contributed by atoms with Crippen LogP contribution in [-0.4, -0.2) is 41.1 Å². The summed E-state index contributed by atoms with van der Waals surface area (Å²) in [6.07, 6.45) is 1.82. The van der Waals surface area contributed by atoms with Crippen LogP contribution < -0.4 is 11.1 Å². The van der Waals surface area contributed by atoms with Crippen LogP contribution in [0.3, 0.4) is 0 Å². The van der Waals surface area contributed by atoms with Crippen molar-refractivity contribution in [2.45, 2.75) is 25.8 Å². The molecule has 0 radical (unpaired) electrons. The molecular formula is C14H19N3O3. The van der Waals surface area contributed by atoms with Crippen LogP contribution in [0.2, 0.25) is 0 Å². The predicted molar refractivity (Wildman–Crippen MR) is 75.9 cm³/mol. The molecule has 0 aromatic heterocycles. The number of carboxylic acids is 1. The molecule has 0 aliphatic carbocycles. The van der Waals surface area contributed by atoms with Crippen LogP contribution in [0, 0.1) is 6.92 Å². The number of nitrogens with one attached hydrogen (secondary N) is 1. The minimum atomic E-state index is -1.00. The van der Waals surface area contributed by atoms with E-state index in [0.717, 1.165) is 12.8 Å². The first-order valence-electron chi connectivity index (χ1n) is 6.63. The fraction of sp³-hybridized carbons (Fsp3) is 0.429. The van der Waals surface area contributed by atoms with Crippen LogP contribution in [0.25, 0.3) is 0 Å². The lowest BCUT2D eigenvalue weighted by Crippen LogP contribution is -2.47. The molecule has 1 heterocycles. The summed E-state index contributed by atoms with van der Waals surface area (Å²) >= 11 is 0. The molecule has 1 saturated heterocycles. The monoisotopic (exact) mass is 277 g/mol. The van der Waals surface area contributed by atoms with Gasteiger partial charge in [0.25, 0.3) is 0 Å². The van der Waals surface area contributed by atoms with Crippen LogP contribution >= 0.6 is 0 Å². The van der Waals surface area contributed by atoms with E-state index in [4.69, 9.17) is 10.8 Å². The van der Waals surface area contributed by atoms with Gasteiger partial charge < -0.3 is 21.1 Å². The number of amides is 2. The quantitative estimate of drug-likeness (QED) is 0.765. The maximum Gasteiger partial charge on any atom is 0.336 e. The van der Waals surface area contributed by atoms with Crippen LogP contribution in [0.15, 0.2) is 18.2 Å². The van der Waals surface area contributed by atoms with Gasteiger partial charge in [0.05, 0.1) is 5.56 Å². The Morgan fingerprint density at radius 1 is 1.45 bits per heavy atom. The van der Waals surface area contributed by atoms with E-state index in [0.29, 0.717) is 24.3 Å². The van der Waals surface area contributed by atoms with E-state index >= 15 is 0 Å². The van der Waals surface area contributed by atoms with Crippen molar-refractivity contribution in [3.8, 4) is 0 Å². The smallest absolute Gasteiger partial charge is 0.336 e. The number of aromatic carboxylic acids is 1. The van der Waals surface area contributed by atoms with Gasteiger partial charge in [0.15, 0.2) is 0 Å². The number of carbonyl (C=O) groups excluding carboxylic acids is 1. The van der Waals surface area contributed by atoms with Crippen molar-refractivity contribution in [3.05, 3.63) is 29.3 Å². The highest BCUT2D eigenvalue weighted by Gasteiger charge is 2.21. The van der Waals surface area contributed by atoms with Crippen molar-refractivity contribution in [2.24, 2.45) is 5.73 Å². The van der Waals surface area contributed by atoms with Gasteiger partial charge in [-0.3, -0.25) is 0 Å². The molecule has 6 heteroatoms. The Morgan fingerprint density at radius 2 is 2.20 bits per heavy atom. The lowest BCUT2D eigenvalue weighted by Gasteiger charge is -2.30. The van der Waals surface area contributed by atoms with Crippen LogP contribution in [-0.2, 0) is 0 Å². The average molecular weight is 277 g/mol. The molecule has 1 aromatic rings. The molecule has 6 nitrogen and oxygen atoms in total. The first-order chi connectivity index (χ1) is 9.47. The van der Waals surface area contributed by atoms with Gasteiger partial charge in [-0.2, -0.15) is 0 Å². The van der Waals surface area contributed by atoms with Gasteiger partial charge in [-0.25, -0.2) is 9.59 Å². The standard InChI is InChI=1S/C14H19N3O3/c1-9-4-5-11(7-12(9)13(18)19)16-14(20)17-6-2-3-10(15)8-17/h4-5,7,10H,2-3,6,8,15H2,1H3,(H,16,20)(H,18,19). The summed E-state index contributed by atoms with van der Waals surface area (Å²) in [5.74, 6) is -1.00. The molecule has 1 fully saturated rings. The van der Waals surface area contributed by atoms with Crippen molar-refractivity contribution in [3.63, 3.8) is 0 Å². The van der Waals surface area contributed by atoms with E-state index in [2.05, 4.69) is 5.32 Å². The summed E-state index contributed by atoms with van der Waals surface area (Å²) in [6.45, 7) is 2.93. The number of likely N-dealkylation sites (tertiary alicyclic amines) is 1. The number of hydrogen-bond acceptors (Lipinski definition) is 3. The summed E-state index contributed by atoms with van der Waals surface area (Å²) in [5, 5.41) is 11.8. The summed E-state index contributed by atoms with van der Waals surface area (Å²) < 4.78 is 0. The molecule has 1 atom stereocenters. The molecule has 108 valence electrons. The highest BCUT2D eigenvalue weighted by molar-refractivity contribution is 5.94. The first kappa shape index (κ1) is 14.3. The summed E-state index contributed by atoms with van der Waals surface area (Å²) in [7, 11) is 0. The van der Waals surface area contributed by atoms with Crippen molar-refractivity contribution < 1.29 is 14.7 Å². The zero-order chi connectivity index (χ0) is 14.7. The molecule has 1 aliphatic rings. The van der Waals surface area contributed by atoms with Crippen LogP contribution in [0.5, 0.6) is 0 Å². The Balaban J connectivity index is 2.07. The highest BCUT2D eigenvalue weighted by Crippen LogP contribution is 2.17. The molecule has 0 saturated carbocycles. The fourth-order valence-electron chi connectivity index (χ4n) is 2.33. The topological polar surface area (TPSA) is 95.7 Å². The van der Waals surface area contributed by atoms with E-state index < -0.39 is 5.97 Å². The van der Waals surface area contributed by atoms with Gasteiger partial charge in [-0.05, 0) is 37.5 Å². The van der Waals surface area contributed by atoms with Crippen molar-refractivity contribution in [1.82, 2.24) is 4.90 Å². The molecule has 1 aromatic carbocycles. The minimum Gasteiger partial charge on any atom is -0.478 e. The van der Waals surface area contributed by atoms with Gasteiger partial charge in [-0.15, -0.1) is 0 Å². The molecule has 0 bridgehead atoms. The first-order valence-corrected chi connectivity index (χ1v) is 6.63. The van der Waals surface area contributed by atoms with E-state index in [-0.39, 0.29) is 17.6 Å². The Morgan fingerprint density at radius 3 is 2.85 bits per heavy atom. The second-order valence-corrected chi connectivity index (χ2v) is 5.11. The Kier molecular flexibility index (Phi) is 4.24. The fourth-order valence-corrected chi connectivity index (χ4v) is 2.33. The number of urea groups is 1. The average Bonchev–Trinajstić information content (AvgIpc) is 2.40. The lowest BCUT2D eigenvalue weighted by atomic mass is 10.1. The number of aryl methyl sites for hydroxylation is 1. The van der Waals surface area contributed by atoms with E-state index in [1.54, 1.807) is 24.0 Å². The number of nitrogens with zero attached hydrogens (tertiary/aromatic N) is 1. The van der Waals surface area contributed by atoms with E-state index in [9.17, 15) is 9.59 Å². The minimum absolute atomic E-state index is 0.0158. The third kappa shape index (κ3) is 3.27. The van der Waals surface area contributed by atoms with Crippen molar-refractivity contribution >= 4 is 17.7 Å². The van der Waals surface area contributed by atoms with E-state index in [1.165, 1.54) is 6.07 Å². The SMILES string of the molecule is Cc1ccc(NC(=O)N2CCCC(N)C2)cc1C(=O)O. The normalized spacial score (nSPS) is 18.7. The molecule has 0 spiro atoms. The zero-order valence-electron chi connectivity index (χ0n) is 11.4. The number of carbonyl (C=O) groups is 2. The molecule has 2 rings (SSSR count). The van der Waals surface area contributed by atoms with Gasteiger partial charge in [0.1, 0.15) is 0 Å². The maximum atomic E-state index is 12.1. The number of carboxylic acid groups (broad SMARTS) is 1. The Bertz CT molecular complexity index is 530. The summed E-state index contributed by atoms with van der Waals surface area (Å²) in [4.78, 5) is 24.8. The number of hydrogen-bond donors (Lipinski definition) is 3. The third-order valence-electron chi connectivity index (χ3n) is 3.46. The molecule has 1 aliphatic heterocycles. The maximum absolute atomic E-state index is 12.1. The molecule has 4 N–H and O–H groups in total. The third-order valence-corrected chi connectivity index (χ3v) is 3.46. The van der Waals surface area contributed by atoms with Crippen molar-refractivity contribution in [2.75, 3.05) is 18.4 Å². The molecule has 20 heavy (non-hydrogen) atoms. The van der Waals surface area contributed by atoms with Crippen molar-refractivity contribution in [1.29, 1.82) is 0 Å². The molecular weight excluding hydrogens is 258 g/mol. The zero-order valence-corrected chi connectivity index (χ0v) is 11.4. The molecule has 1 unspecified atom stereocenters. The molecule has 2 amide bonds. The van der Waals surface area contributed by atoms with Crippen LogP contribution in [0.4, 0.5) is 10.5 Å². The number of nitrogens with two attached hydrogens (primary N) is 1. The number of piperidine rings is 1. The summed E-state index contributed by atoms with van der Waals surface area (Å²) in [5.41, 5.74) is 7.18. The van der Waals surface area contributed by atoms with Gasteiger partial charge in [-0.1, -0.05) is 6.07 Å². The number of benzene rings is 1. The Labute approximate surface area is 117 Å². The van der Waals surface area contributed by atoms with Gasteiger partial charge in [0.2, 0.25) is 0 Å². The number of rotatable bonds is 2. The van der Waals surface area contributed by atoms with Gasteiger partial charge >= 0.3 is 12.0 Å².